The molecule has 0 saturated carbocycles. The third-order valence-electron chi connectivity index (χ3n) is 4.17. The normalized spacial score (nSPS) is 11.4. The first-order valence-electron chi connectivity index (χ1n) is 8.36. The third kappa shape index (κ3) is 3.78. The molecule has 0 radical (unpaired) electrons. The molecule has 2 heterocycles. The Morgan fingerprint density at radius 3 is 2.21 bits per heavy atom. The molecule has 3 aromatic rings. The molecule has 0 fully saturated rings. The Kier molecular flexibility index (Phi) is 5.27. The number of hydrogen-bond acceptors (Lipinski definition) is 5. The Morgan fingerprint density at radius 1 is 1.07 bits per heavy atom. The van der Waals surface area contributed by atoms with Gasteiger partial charge in [-0.2, -0.15) is 13.2 Å². The number of nitrogens with one attached hydrogen (secondary N) is 1. The molecule has 0 aliphatic carbocycles. The number of nitrogens with zero attached hydrogens (tertiary/aromatic N) is 2. The summed E-state index contributed by atoms with van der Waals surface area (Å²) in [5.74, 6) is -0.210. The van der Waals surface area contributed by atoms with E-state index >= 15 is 0 Å². The molecule has 0 aliphatic rings. The van der Waals surface area contributed by atoms with Crippen LogP contribution in [0, 0.1) is 6.92 Å². The van der Waals surface area contributed by atoms with Crippen molar-refractivity contribution >= 4 is 17.2 Å². The summed E-state index contributed by atoms with van der Waals surface area (Å²) in [5, 5.41) is 2.45. The Labute approximate surface area is 164 Å². The molecule has 2 aromatic heterocycles. The number of ether oxygens (including phenoxy) is 3. The Hall–Kier alpha value is -3.43. The molecule has 154 valence electrons. The lowest BCUT2D eigenvalue weighted by Gasteiger charge is -2.15. The zero-order valence-electron chi connectivity index (χ0n) is 16.0. The van der Waals surface area contributed by atoms with Gasteiger partial charge in [-0.15, -0.1) is 0 Å². The summed E-state index contributed by atoms with van der Waals surface area (Å²) in [4.78, 5) is 16.4. The van der Waals surface area contributed by atoms with E-state index in [4.69, 9.17) is 14.2 Å². The smallest absolute Gasteiger partial charge is 0.435 e. The lowest BCUT2D eigenvalue weighted by atomic mass is 10.2. The molecule has 7 nitrogen and oxygen atoms in total. The number of benzene rings is 1. The van der Waals surface area contributed by atoms with Crippen LogP contribution in [0.15, 0.2) is 30.5 Å². The number of rotatable bonds is 5. The minimum Gasteiger partial charge on any atom is -0.493 e. The minimum absolute atomic E-state index is 0.0120. The number of fused-ring (bicyclic) bond motifs is 1. The highest BCUT2D eigenvalue weighted by molar-refractivity contribution is 6.05. The predicted molar refractivity (Wildman–Crippen MR) is 99.0 cm³/mol. The molecule has 0 unspecified atom stereocenters. The van der Waals surface area contributed by atoms with Gasteiger partial charge in [-0.05, 0) is 18.6 Å². The molecule has 1 aromatic carbocycles. The molecule has 0 atom stereocenters. The van der Waals surface area contributed by atoms with Crippen molar-refractivity contribution in [2.24, 2.45) is 0 Å². The fourth-order valence-corrected chi connectivity index (χ4v) is 2.91. The lowest BCUT2D eigenvalue weighted by Crippen LogP contribution is -2.20. The van der Waals surface area contributed by atoms with Crippen molar-refractivity contribution in [2.45, 2.75) is 13.1 Å². The van der Waals surface area contributed by atoms with Gasteiger partial charge in [-0.25, -0.2) is 4.98 Å². The van der Waals surface area contributed by atoms with Gasteiger partial charge < -0.3 is 19.5 Å². The summed E-state index contributed by atoms with van der Waals surface area (Å²) in [6.07, 6.45) is -3.39. The quantitative estimate of drug-likeness (QED) is 0.691. The molecule has 1 N–H and O–H groups in total. The summed E-state index contributed by atoms with van der Waals surface area (Å²) in [6.45, 7) is 1.70. The van der Waals surface area contributed by atoms with E-state index in [1.165, 1.54) is 45.7 Å². The van der Waals surface area contributed by atoms with Crippen LogP contribution < -0.4 is 19.5 Å². The first-order valence-corrected chi connectivity index (χ1v) is 8.36. The second kappa shape index (κ2) is 7.53. The van der Waals surface area contributed by atoms with Crippen LogP contribution in [0.3, 0.4) is 0 Å². The number of alkyl halides is 3. The van der Waals surface area contributed by atoms with Gasteiger partial charge in [-0.1, -0.05) is 6.07 Å². The maximum atomic E-state index is 13.5. The van der Waals surface area contributed by atoms with Crippen molar-refractivity contribution in [3.05, 3.63) is 47.4 Å². The fraction of sp³-hybridized carbons (Fsp3) is 0.263. The SMILES string of the molecule is COc1cc(NC(=O)c2c(C(F)(F)F)nc3ccc(C)cn23)cc(OC)c1OC. The topological polar surface area (TPSA) is 74.1 Å². The van der Waals surface area contributed by atoms with Gasteiger partial charge in [0, 0.05) is 24.0 Å². The number of pyridine rings is 1. The number of anilines is 1. The summed E-state index contributed by atoms with van der Waals surface area (Å²) in [5.41, 5.74) is -1.04. The number of amides is 1. The van der Waals surface area contributed by atoms with Crippen molar-refractivity contribution in [1.82, 2.24) is 9.38 Å². The summed E-state index contributed by atoms with van der Waals surface area (Å²) in [7, 11) is 4.19. The van der Waals surface area contributed by atoms with Gasteiger partial charge in [0.05, 0.1) is 21.3 Å². The van der Waals surface area contributed by atoms with Crippen molar-refractivity contribution in [3.63, 3.8) is 0 Å². The van der Waals surface area contributed by atoms with E-state index in [1.807, 2.05) is 0 Å². The van der Waals surface area contributed by atoms with Gasteiger partial charge in [0.1, 0.15) is 11.3 Å². The monoisotopic (exact) mass is 409 g/mol. The summed E-state index contributed by atoms with van der Waals surface area (Å²) < 4.78 is 57.2. The molecule has 0 saturated heterocycles. The van der Waals surface area contributed by atoms with Crippen LogP contribution in [0.2, 0.25) is 0 Å². The Balaban J connectivity index is 2.10. The van der Waals surface area contributed by atoms with Crippen LogP contribution in [-0.2, 0) is 6.18 Å². The summed E-state index contributed by atoms with van der Waals surface area (Å²) in [6, 6.07) is 5.87. The third-order valence-corrected chi connectivity index (χ3v) is 4.17. The molecule has 0 spiro atoms. The number of methoxy groups -OCH3 is 3. The molecule has 0 aliphatic heterocycles. The second-order valence-corrected chi connectivity index (χ2v) is 6.11. The molecule has 10 heteroatoms. The van der Waals surface area contributed by atoms with Gasteiger partial charge in [0.15, 0.2) is 17.2 Å². The fourth-order valence-electron chi connectivity index (χ4n) is 2.91. The maximum absolute atomic E-state index is 13.5. The van der Waals surface area contributed by atoms with E-state index in [1.54, 1.807) is 13.0 Å². The van der Waals surface area contributed by atoms with Crippen LogP contribution in [0.5, 0.6) is 17.2 Å². The standard InChI is InChI=1S/C19H18F3N3O4/c1-10-5-6-14-24-17(19(20,21)22)15(25(14)9-10)18(26)23-11-7-12(27-2)16(29-4)13(8-11)28-3/h5-9H,1-4H3,(H,23,26). The maximum Gasteiger partial charge on any atom is 0.435 e. The van der Waals surface area contributed by atoms with Crippen LogP contribution in [0.4, 0.5) is 18.9 Å². The highest BCUT2D eigenvalue weighted by atomic mass is 19.4. The summed E-state index contributed by atoms with van der Waals surface area (Å²) >= 11 is 0. The molecular formula is C19H18F3N3O4. The number of imidazole rings is 1. The van der Waals surface area contributed by atoms with Crippen molar-refractivity contribution in [1.29, 1.82) is 0 Å². The number of hydrogen-bond donors (Lipinski definition) is 1. The minimum atomic E-state index is -4.80. The van der Waals surface area contributed by atoms with E-state index in [0.29, 0.717) is 5.56 Å². The molecule has 29 heavy (non-hydrogen) atoms. The van der Waals surface area contributed by atoms with E-state index in [0.717, 1.165) is 4.40 Å². The van der Waals surface area contributed by atoms with E-state index in [2.05, 4.69) is 10.3 Å². The molecule has 1 amide bonds. The zero-order chi connectivity index (χ0) is 21.3. The zero-order valence-corrected chi connectivity index (χ0v) is 16.0. The van der Waals surface area contributed by atoms with E-state index in [-0.39, 0.29) is 28.6 Å². The number of carbonyl (C=O) groups excluding carboxylic acids is 1. The highest BCUT2D eigenvalue weighted by Gasteiger charge is 2.40. The number of carbonyl (C=O) groups is 1. The Morgan fingerprint density at radius 2 is 1.69 bits per heavy atom. The average molecular weight is 409 g/mol. The Bertz CT molecular complexity index is 1050. The van der Waals surface area contributed by atoms with Crippen LogP contribution in [0.25, 0.3) is 5.65 Å². The molecular weight excluding hydrogens is 391 g/mol. The van der Waals surface area contributed by atoms with E-state index in [9.17, 15) is 18.0 Å². The predicted octanol–water partition coefficient (Wildman–Crippen LogP) is 3.94. The number of aryl methyl sites for hydroxylation is 1. The highest BCUT2D eigenvalue weighted by Crippen LogP contribution is 2.40. The molecule has 0 bridgehead atoms. The number of aromatic nitrogens is 2. The number of halogens is 3. The van der Waals surface area contributed by atoms with Gasteiger partial charge >= 0.3 is 6.18 Å². The average Bonchev–Trinajstić information content (AvgIpc) is 3.06. The first kappa shape index (κ1) is 20.3. The van der Waals surface area contributed by atoms with Gasteiger partial charge in [0.25, 0.3) is 5.91 Å². The van der Waals surface area contributed by atoms with Crippen molar-refractivity contribution < 1.29 is 32.2 Å². The van der Waals surface area contributed by atoms with Gasteiger partial charge in [-0.3, -0.25) is 9.20 Å². The van der Waals surface area contributed by atoms with Crippen LogP contribution in [0.1, 0.15) is 21.7 Å². The van der Waals surface area contributed by atoms with E-state index < -0.39 is 23.5 Å². The largest absolute Gasteiger partial charge is 0.493 e. The first-order chi connectivity index (χ1) is 13.7. The van der Waals surface area contributed by atoms with Crippen molar-refractivity contribution in [3.8, 4) is 17.2 Å². The van der Waals surface area contributed by atoms with Gasteiger partial charge in [0.2, 0.25) is 5.75 Å². The van der Waals surface area contributed by atoms with Crippen molar-refractivity contribution in [2.75, 3.05) is 26.6 Å². The molecule has 3 rings (SSSR count). The second-order valence-electron chi connectivity index (χ2n) is 6.11. The van der Waals surface area contributed by atoms with Crippen LogP contribution >= 0.6 is 0 Å². The lowest BCUT2D eigenvalue weighted by molar-refractivity contribution is -0.141. The van der Waals surface area contributed by atoms with Crippen LogP contribution in [-0.4, -0.2) is 36.6 Å².